The highest BCUT2D eigenvalue weighted by atomic mass is 16.1. The Balaban J connectivity index is 2.26. The van der Waals surface area contributed by atoms with E-state index in [0.717, 1.165) is 18.5 Å². The van der Waals surface area contributed by atoms with Crippen LogP contribution in [-0.4, -0.2) is 19.5 Å². The third-order valence-electron chi connectivity index (χ3n) is 2.40. The highest BCUT2D eigenvalue weighted by Crippen LogP contribution is 2.03. The van der Waals surface area contributed by atoms with Crippen molar-refractivity contribution < 1.29 is 4.79 Å². The van der Waals surface area contributed by atoms with Crippen LogP contribution in [0.4, 0.5) is 0 Å². The van der Waals surface area contributed by atoms with Gasteiger partial charge in [0.1, 0.15) is 0 Å². The molecule has 88 valence electrons. The fourth-order valence-corrected chi connectivity index (χ4v) is 1.54. The molecule has 0 unspecified atom stereocenters. The molecule has 1 aromatic rings. The summed E-state index contributed by atoms with van der Waals surface area (Å²) in [5.74, 6) is 0.122. The van der Waals surface area contributed by atoms with Crippen molar-refractivity contribution in [1.29, 1.82) is 0 Å². The standard InChI is InChI=1S/C13H20N2O/c1-11-5-3-6-12(9-11)10-15-13(16)7-4-8-14-2/h3,5-6,9,14H,4,7-8,10H2,1-2H3,(H,15,16). The summed E-state index contributed by atoms with van der Waals surface area (Å²) in [7, 11) is 1.89. The average Bonchev–Trinajstić information content (AvgIpc) is 2.27. The van der Waals surface area contributed by atoms with Crippen LogP contribution in [0, 0.1) is 6.92 Å². The summed E-state index contributed by atoms with van der Waals surface area (Å²) in [6.07, 6.45) is 1.48. The first kappa shape index (κ1) is 12.7. The monoisotopic (exact) mass is 220 g/mol. The van der Waals surface area contributed by atoms with Crippen LogP contribution in [-0.2, 0) is 11.3 Å². The third-order valence-corrected chi connectivity index (χ3v) is 2.40. The maximum absolute atomic E-state index is 11.4. The molecule has 3 nitrogen and oxygen atoms in total. The normalized spacial score (nSPS) is 10.1. The van der Waals surface area contributed by atoms with Crippen LogP contribution in [0.25, 0.3) is 0 Å². The summed E-state index contributed by atoms with van der Waals surface area (Å²) < 4.78 is 0. The molecule has 0 heterocycles. The van der Waals surface area contributed by atoms with Crippen LogP contribution in [0.2, 0.25) is 0 Å². The minimum atomic E-state index is 0.122. The van der Waals surface area contributed by atoms with Crippen molar-refractivity contribution in [3.8, 4) is 0 Å². The van der Waals surface area contributed by atoms with Gasteiger partial charge in [-0.15, -0.1) is 0 Å². The summed E-state index contributed by atoms with van der Waals surface area (Å²) in [4.78, 5) is 11.4. The van der Waals surface area contributed by atoms with Crippen LogP contribution >= 0.6 is 0 Å². The lowest BCUT2D eigenvalue weighted by atomic mass is 10.1. The zero-order valence-corrected chi connectivity index (χ0v) is 10.0. The molecule has 0 bridgehead atoms. The molecule has 0 aliphatic rings. The molecule has 1 amide bonds. The van der Waals surface area contributed by atoms with E-state index in [0.29, 0.717) is 13.0 Å². The van der Waals surface area contributed by atoms with Gasteiger partial charge in [0.25, 0.3) is 0 Å². The van der Waals surface area contributed by atoms with E-state index in [2.05, 4.69) is 29.7 Å². The predicted molar refractivity (Wildman–Crippen MR) is 66.2 cm³/mol. The molecular weight excluding hydrogens is 200 g/mol. The van der Waals surface area contributed by atoms with Crippen LogP contribution in [0.5, 0.6) is 0 Å². The van der Waals surface area contributed by atoms with Crippen molar-refractivity contribution in [2.45, 2.75) is 26.3 Å². The van der Waals surface area contributed by atoms with Gasteiger partial charge in [-0.05, 0) is 32.5 Å². The number of nitrogens with one attached hydrogen (secondary N) is 2. The molecule has 0 aliphatic heterocycles. The van der Waals surface area contributed by atoms with Crippen molar-refractivity contribution in [3.05, 3.63) is 35.4 Å². The molecule has 1 rings (SSSR count). The van der Waals surface area contributed by atoms with E-state index >= 15 is 0 Å². The minimum absolute atomic E-state index is 0.122. The quantitative estimate of drug-likeness (QED) is 0.715. The topological polar surface area (TPSA) is 41.1 Å². The molecule has 0 atom stereocenters. The molecule has 0 aliphatic carbocycles. The second-order valence-corrected chi connectivity index (χ2v) is 3.97. The Labute approximate surface area is 97.2 Å². The number of carbonyl (C=O) groups excluding carboxylic acids is 1. The highest BCUT2D eigenvalue weighted by Gasteiger charge is 2.00. The highest BCUT2D eigenvalue weighted by molar-refractivity contribution is 5.75. The van der Waals surface area contributed by atoms with E-state index < -0.39 is 0 Å². The summed E-state index contributed by atoms with van der Waals surface area (Å²) in [6, 6.07) is 8.19. The van der Waals surface area contributed by atoms with Gasteiger partial charge in [0.05, 0.1) is 0 Å². The smallest absolute Gasteiger partial charge is 0.220 e. The first-order chi connectivity index (χ1) is 7.72. The van der Waals surface area contributed by atoms with E-state index in [9.17, 15) is 4.79 Å². The molecule has 0 fully saturated rings. The van der Waals surface area contributed by atoms with E-state index in [-0.39, 0.29) is 5.91 Å². The number of rotatable bonds is 6. The second kappa shape index (κ2) is 7.01. The number of carbonyl (C=O) groups is 1. The molecule has 0 saturated carbocycles. The zero-order chi connectivity index (χ0) is 11.8. The van der Waals surface area contributed by atoms with Gasteiger partial charge in [0.15, 0.2) is 0 Å². The van der Waals surface area contributed by atoms with Gasteiger partial charge in [-0.2, -0.15) is 0 Å². The Kier molecular flexibility index (Phi) is 5.57. The largest absolute Gasteiger partial charge is 0.352 e. The van der Waals surface area contributed by atoms with Gasteiger partial charge in [-0.25, -0.2) is 0 Å². The number of hydrogen-bond acceptors (Lipinski definition) is 2. The molecule has 0 radical (unpaired) electrons. The summed E-state index contributed by atoms with van der Waals surface area (Å²) in [6.45, 7) is 3.57. The van der Waals surface area contributed by atoms with Crippen LogP contribution in [0.1, 0.15) is 24.0 Å². The van der Waals surface area contributed by atoms with Gasteiger partial charge < -0.3 is 10.6 Å². The SMILES string of the molecule is CNCCCC(=O)NCc1cccc(C)c1. The van der Waals surface area contributed by atoms with Crippen LogP contribution in [0.3, 0.4) is 0 Å². The zero-order valence-electron chi connectivity index (χ0n) is 10.0. The third kappa shape index (κ3) is 4.94. The van der Waals surface area contributed by atoms with Crippen molar-refractivity contribution in [2.24, 2.45) is 0 Å². The molecule has 0 saturated heterocycles. The first-order valence-corrected chi connectivity index (χ1v) is 5.69. The Morgan fingerprint density at radius 3 is 2.88 bits per heavy atom. The average molecular weight is 220 g/mol. The van der Waals surface area contributed by atoms with E-state index in [4.69, 9.17) is 0 Å². The first-order valence-electron chi connectivity index (χ1n) is 5.69. The fourth-order valence-electron chi connectivity index (χ4n) is 1.54. The second-order valence-electron chi connectivity index (χ2n) is 3.97. The molecule has 1 aromatic carbocycles. The Morgan fingerprint density at radius 1 is 1.38 bits per heavy atom. The predicted octanol–water partition coefficient (Wildman–Crippen LogP) is 1.61. The number of benzene rings is 1. The van der Waals surface area contributed by atoms with E-state index in [1.54, 1.807) is 0 Å². The Morgan fingerprint density at radius 2 is 2.19 bits per heavy atom. The van der Waals surface area contributed by atoms with E-state index in [1.807, 2.05) is 19.2 Å². The molecule has 2 N–H and O–H groups in total. The molecule has 0 spiro atoms. The van der Waals surface area contributed by atoms with Crippen LogP contribution < -0.4 is 10.6 Å². The van der Waals surface area contributed by atoms with Crippen molar-refractivity contribution in [2.75, 3.05) is 13.6 Å². The van der Waals surface area contributed by atoms with Gasteiger partial charge in [-0.1, -0.05) is 29.8 Å². The lowest BCUT2D eigenvalue weighted by Gasteiger charge is -2.05. The van der Waals surface area contributed by atoms with Crippen LogP contribution in [0.15, 0.2) is 24.3 Å². The van der Waals surface area contributed by atoms with Crippen molar-refractivity contribution in [1.82, 2.24) is 10.6 Å². The Hall–Kier alpha value is -1.35. The number of amides is 1. The van der Waals surface area contributed by atoms with Gasteiger partial charge in [-0.3, -0.25) is 4.79 Å². The maximum Gasteiger partial charge on any atom is 0.220 e. The maximum atomic E-state index is 11.4. The molecule has 3 heteroatoms. The molecule has 0 aromatic heterocycles. The van der Waals surface area contributed by atoms with Gasteiger partial charge in [0.2, 0.25) is 5.91 Å². The fraction of sp³-hybridized carbons (Fsp3) is 0.462. The minimum Gasteiger partial charge on any atom is -0.352 e. The summed E-state index contributed by atoms with van der Waals surface area (Å²) >= 11 is 0. The lowest BCUT2D eigenvalue weighted by molar-refractivity contribution is -0.121. The number of aryl methyl sites for hydroxylation is 1. The summed E-state index contributed by atoms with van der Waals surface area (Å²) in [5.41, 5.74) is 2.38. The number of hydrogen-bond donors (Lipinski definition) is 2. The lowest BCUT2D eigenvalue weighted by Crippen LogP contribution is -2.23. The van der Waals surface area contributed by atoms with Gasteiger partial charge >= 0.3 is 0 Å². The summed E-state index contributed by atoms with van der Waals surface area (Å²) in [5, 5.41) is 5.94. The van der Waals surface area contributed by atoms with Crippen molar-refractivity contribution >= 4 is 5.91 Å². The molecule has 16 heavy (non-hydrogen) atoms. The van der Waals surface area contributed by atoms with Crippen molar-refractivity contribution in [3.63, 3.8) is 0 Å². The van der Waals surface area contributed by atoms with E-state index in [1.165, 1.54) is 5.56 Å². The Bertz CT molecular complexity index is 336. The molecular formula is C13H20N2O. The van der Waals surface area contributed by atoms with Gasteiger partial charge in [0, 0.05) is 13.0 Å².